The van der Waals surface area contributed by atoms with Crippen molar-refractivity contribution in [3.63, 3.8) is 0 Å². The largest absolute Gasteiger partial charge is 0.324 e. The van der Waals surface area contributed by atoms with E-state index in [-0.39, 0.29) is 18.3 Å². The van der Waals surface area contributed by atoms with E-state index < -0.39 is 0 Å². The first-order valence-electron chi connectivity index (χ1n) is 6.44. The van der Waals surface area contributed by atoms with Crippen LogP contribution >= 0.6 is 0 Å². The predicted molar refractivity (Wildman–Crippen MR) is 76.1 cm³/mol. The molecule has 0 radical (unpaired) electrons. The summed E-state index contributed by atoms with van der Waals surface area (Å²) in [5.41, 5.74) is 1.26. The number of hydrogen-bond donors (Lipinski definition) is 1. The Bertz CT molecular complexity index is 772. The van der Waals surface area contributed by atoms with Crippen LogP contribution in [-0.2, 0) is 11.3 Å². The van der Waals surface area contributed by atoms with Gasteiger partial charge in [-0.05, 0) is 41.6 Å². The molecule has 1 aromatic carbocycles. The van der Waals surface area contributed by atoms with Gasteiger partial charge in [0.15, 0.2) is 0 Å². The Morgan fingerprint density at radius 3 is 2.59 bits per heavy atom. The van der Waals surface area contributed by atoms with Gasteiger partial charge in [-0.3, -0.25) is 9.78 Å². The van der Waals surface area contributed by atoms with E-state index in [4.69, 9.17) is 0 Å². The SMILES string of the molecule is O=C(Cn1nnc(-c2ccncc2)n1)Nc1ccc(F)cc1. The number of aromatic nitrogens is 5. The van der Waals surface area contributed by atoms with Crippen molar-refractivity contribution in [3.05, 3.63) is 54.6 Å². The number of carbonyl (C=O) groups is 1. The van der Waals surface area contributed by atoms with Gasteiger partial charge < -0.3 is 5.32 Å². The molecule has 0 fully saturated rings. The Morgan fingerprint density at radius 1 is 1.14 bits per heavy atom. The molecular formula is C14H11FN6O. The third-order valence-corrected chi connectivity index (χ3v) is 2.80. The van der Waals surface area contributed by atoms with E-state index >= 15 is 0 Å². The number of tetrazole rings is 1. The van der Waals surface area contributed by atoms with Gasteiger partial charge >= 0.3 is 0 Å². The van der Waals surface area contributed by atoms with Crippen LogP contribution in [-0.4, -0.2) is 31.1 Å². The van der Waals surface area contributed by atoms with E-state index in [0.29, 0.717) is 11.5 Å². The smallest absolute Gasteiger partial charge is 0.248 e. The lowest BCUT2D eigenvalue weighted by atomic mass is 10.3. The van der Waals surface area contributed by atoms with E-state index in [1.807, 2.05) is 0 Å². The summed E-state index contributed by atoms with van der Waals surface area (Å²) in [6, 6.07) is 8.99. The Labute approximate surface area is 124 Å². The van der Waals surface area contributed by atoms with Gasteiger partial charge in [-0.1, -0.05) is 0 Å². The quantitative estimate of drug-likeness (QED) is 0.789. The molecule has 0 spiro atoms. The molecule has 0 aliphatic carbocycles. The molecule has 0 bridgehead atoms. The summed E-state index contributed by atoms with van der Waals surface area (Å²) in [5.74, 6) is -0.278. The Balaban J connectivity index is 1.65. The van der Waals surface area contributed by atoms with E-state index in [1.165, 1.54) is 29.1 Å². The first-order valence-corrected chi connectivity index (χ1v) is 6.44. The number of nitrogens with zero attached hydrogens (tertiary/aromatic N) is 5. The first kappa shape index (κ1) is 13.8. The molecule has 110 valence electrons. The lowest BCUT2D eigenvalue weighted by molar-refractivity contribution is -0.117. The van der Waals surface area contributed by atoms with Crippen LogP contribution in [0.3, 0.4) is 0 Å². The summed E-state index contributed by atoms with van der Waals surface area (Å²) < 4.78 is 12.8. The zero-order valence-corrected chi connectivity index (χ0v) is 11.3. The number of hydrogen-bond acceptors (Lipinski definition) is 5. The number of pyridine rings is 1. The zero-order chi connectivity index (χ0) is 15.4. The molecule has 0 saturated carbocycles. The maximum absolute atomic E-state index is 12.8. The number of benzene rings is 1. The van der Waals surface area contributed by atoms with Gasteiger partial charge in [-0.2, -0.15) is 4.80 Å². The summed E-state index contributed by atoms with van der Waals surface area (Å²) in [6.45, 7) is -0.0878. The standard InChI is InChI=1S/C14H11FN6O/c15-11-1-3-12(4-2-11)17-13(22)9-21-19-14(18-20-21)10-5-7-16-8-6-10/h1-8H,9H2,(H,17,22). The van der Waals surface area contributed by atoms with Crippen molar-refractivity contribution in [2.45, 2.75) is 6.54 Å². The van der Waals surface area contributed by atoms with Crippen LogP contribution in [0.1, 0.15) is 0 Å². The van der Waals surface area contributed by atoms with Crippen LogP contribution in [0, 0.1) is 5.82 Å². The fourth-order valence-corrected chi connectivity index (χ4v) is 1.79. The molecule has 0 aliphatic rings. The molecule has 1 amide bonds. The molecule has 22 heavy (non-hydrogen) atoms. The molecule has 0 aliphatic heterocycles. The number of carbonyl (C=O) groups excluding carboxylic acids is 1. The summed E-state index contributed by atoms with van der Waals surface area (Å²) in [7, 11) is 0. The average Bonchev–Trinajstić information content (AvgIpc) is 2.99. The van der Waals surface area contributed by atoms with Crippen LogP contribution in [0.4, 0.5) is 10.1 Å². The molecule has 2 heterocycles. The van der Waals surface area contributed by atoms with Crippen molar-refractivity contribution in [1.82, 2.24) is 25.2 Å². The minimum atomic E-state index is -0.363. The fraction of sp³-hybridized carbons (Fsp3) is 0.0714. The highest BCUT2D eigenvalue weighted by atomic mass is 19.1. The van der Waals surface area contributed by atoms with Gasteiger partial charge in [0.1, 0.15) is 12.4 Å². The fourth-order valence-electron chi connectivity index (χ4n) is 1.79. The second kappa shape index (κ2) is 6.08. The summed E-state index contributed by atoms with van der Waals surface area (Å²) in [6.07, 6.45) is 3.24. The maximum atomic E-state index is 12.8. The lowest BCUT2D eigenvalue weighted by Gasteiger charge is -2.03. The van der Waals surface area contributed by atoms with Crippen molar-refractivity contribution in [2.75, 3.05) is 5.32 Å². The van der Waals surface area contributed by atoms with Crippen molar-refractivity contribution in [1.29, 1.82) is 0 Å². The topological polar surface area (TPSA) is 85.6 Å². The molecule has 0 atom stereocenters. The predicted octanol–water partition coefficient (Wildman–Crippen LogP) is 1.51. The normalized spacial score (nSPS) is 10.4. The third-order valence-electron chi connectivity index (χ3n) is 2.80. The molecule has 0 unspecified atom stereocenters. The summed E-state index contributed by atoms with van der Waals surface area (Å²) in [5, 5.41) is 14.4. The number of anilines is 1. The first-order chi connectivity index (χ1) is 10.7. The monoisotopic (exact) mass is 298 g/mol. The minimum absolute atomic E-state index is 0.0878. The highest BCUT2D eigenvalue weighted by Crippen LogP contribution is 2.11. The van der Waals surface area contributed by atoms with Crippen LogP contribution in [0.25, 0.3) is 11.4 Å². The molecule has 7 nitrogen and oxygen atoms in total. The second-order valence-corrected chi connectivity index (χ2v) is 4.43. The molecule has 8 heteroatoms. The number of rotatable bonds is 4. The van der Waals surface area contributed by atoms with Gasteiger partial charge in [0.2, 0.25) is 11.7 Å². The second-order valence-electron chi connectivity index (χ2n) is 4.43. The minimum Gasteiger partial charge on any atom is -0.324 e. The van der Waals surface area contributed by atoms with Crippen molar-refractivity contribution in [3.8, 4) is 11.4 Å². The van der Waals surface area contributed by atoms with Gasteiger partial charge in [-0.25, -0.2) is 4.39 Å². The van der Waals surface area contributed by atoms with Gasteiger partial charge in [0, 0.05) is 23.6 Å². The molecular weight excluding hydrogens is 287 g/mol. The molecule has 2 aromatic heterocycles. The number of amides is 1. The van der Waals surface area contributed by atoms with E-state index in [9.17, 15) is 9.18 Å². The zero-order valence-electron chi connectivity index (χ0n) is 11.3. The van der Waals surface area contributed by atoms with Crippen molar-refractivity contribution >= 4 is 11.6 Å². The number of halogens is 1. The molecule has 0 saturated heterocycles. The van der Waals surface area contributed by atoms with Crippen LogP contribution < -0.4 is 5.32 Å². The third kappa shape index (κ3) is 3.29. The Morgan fingerprint density at radius 2 is 1.86 bits per heavy atom. The maximum Gasteiger partial charge on any atom is 0.248 e. The Hall–Kier alpha value is -3.16. The van der Waals surface area contributed by atoms with Crippen LogP contribution in [0.5, 0.6) is 0 Å². The van der Waals surface area contributed by atoms with Crippen LogP contribution in [0.15, 0.2) is 48.8 Å². The summed E-state index contributed by atoms with van der Waals surface area (Å²) in [4.78, 5) is 17.0. The van der Waals surface area contributed by atoms with Gasteiger partial charge in [-0.15, -0.1) is 10.2 Å². The molecule has 3 rings (SSSR count). The van der Waals surface area contributed by atoms with Crippen LogP contribution in [0.2, 0.25) is 0 Å². The van der Waals surface area contributed by atoms with Crippen molar-refractivity contribution in [2.24, 2.45) is 0 Å². The van der Waals surface area contributed by atoms with E-state index in [1.54, 1.807) is 24.5 Å². The highest BCUT2D eigenvalue weighted by Gasteiger charge is 2.09. The van der Waals surface area contributed by atoms with Crippen molar-refractivity contribution < 1.29 is 9.18 Å². The van der Waals surface area contributed by atoms with Gasteiger partial charge in [0.05, 0.1) is 0 Å². The van der Waals surface area contributed by atoms with E-state index in [0.717, 1.165) is 5.56 Å². The lowest BCUT2D eigenvalue weighted by Crippen LogP contribution is -2.20. The number of nitrogens with one attached hydrogen (secondary N) is 1. The molecule has 3 aromatic rings. The van der Waals surface area contributed by atoms with E-state index in [2.05, 4.69) is 25.7 Å². The molecule has 1 N–H and O–H groups in total. The highest BCUT2D eigenvalue weighted by molar-refractivity contribution is 5.90. The van der Waals surface area contributed by atoms with Gasteiger partial charge in [0.25, 0.3) is 0 Å². The average molecular weight is 298 g/mol. The summed E-state index contributed by atoms with van der Waals surface area (Å²) >= 11 is 0. The Kier molecular flexibility index (Phi) is 3.82.